The second-order valence-corrected chi connectivity index (χ2v) is 16.8. The van der Waals surface area contributed by atoms with Gasteiger partial charge in [0.15, 0.2) is 6.29 Å². The van der Waals surface area contributed by atoms with Crippen molar-refractivity contribution >= 4 is 11.8 Å². The highest BCUT2D eigenvalue weighted by molar-refractivity contribution is 5.83. The number of ether oxygens (including phenoxy) is 4. The second-order valence-electron chi connectivity index (χ2n) is 16.8. The maximum Gasteiger partial charge on any atom is 0.309 e. The van der Waals surface area contributed by atoms with E-state index in [4.69, 9.17) is 18.9 Å². The number of esters is 1. The summed E-state index contributed by atoms with van der Waals surface area (Å²) in [6.45, 7) is 16.4. The van der Waals surface area contributed by atoms with Crippen molar-refractivity contribution in [1.29, 1.82) is 0 Å². The maximum atomic E-state index is 14.1. The lowest BCUT2D eigenvalue weighted by molar-refractivity contribution is -0.298. The van der Waals surface area contributed by atoms with Crippen LogP contribution in [0.5, 0.6) is 0 Å². The van der Waals surface area contributed by atoms with E-state index in [1.54, 1.807) is 34.6 Å². The van der Waals surface area contributed by atoms with Gasteiger partial charge >= 0.3 is 5.97 Å². The largest absolute Gasteiger partial charge is 0.459 e. The van der Waals surface area contributed by atoms with Gasteiger partial charge in [-0.15, -0.1) is 0 Å². The third-order valence-electron chi connectivity index (χ3n) is 12.0. The molecule has 3 rings (SSSR count). The molecule has 50 heavy (non-hydrogen) atoms. The molecule has 18 atom stereocenters. The van der Waals surface area contributed by atoms with Crippen molar-refractivity contribution in [2.45, 2.75) is 179 Å². The summed E-state index contributed by atoms with van der Waals surface area (Å²) in [5, 5.41) is 68.4. The van der Waals surface area contributed by atoms with Crippen LogP contribution in [0.4, 0.5) is 0 Å². The second kappa shape index (κ2) is 16.4. The van der Waals surface area contributed by atoms with E-state index in [2.05, 4.69) is 0 Å². The average molecular weight is 718 g/mol. The molecule has 3 aliphatic rings. The summed E-state index contributed by atoms with van der Waals surface area (Å²) in [6, 6.07) is -0.306. The molecule has 13 heteroatoms. The van der Waals surface area contributed by atoms with Crippen molar-refractivity contribution in [3.8, 4) is 0 Å². The predicted octanol–water partition coefficient (Wildman–Crippen LogP) is 1.80. The molecule has 6 N–H and O–H groups in total. The number of nitrogens with zero attached hydrogens (tertiary/aromatic N) is 1. The van der Waals surface area contributed by atoms with Gasteiger partial charge < -0.3 is 54.5 Å². The molecule has 0 aromatic heterocycles. The van der Waals surface area contributed by atoms with Gasteiger partial charge in [0.1, 0.15) is 29.7 Å². The summed E-state index contributed by atoms with van der Waals surface area (Å²) >= 11 is 0. The van der Waals surface area contributed by atoms with Gasteiger partial charge in [0, 0.05) is 24.3 Å². The van der Waals surface area contributed by atoms with Gasteiger partial charge in [-0.3, -0.25) is 9.59 Å². The Morgan fingerprint density at radius 3 is 2.00 bits per heavy atom. The molecule has 10 unspecified atom stereocenters. The number of carbonyl (C=O) groups excluding carboxylic acids is 2. The highest BCUT2D eigenvalue weighted by Gasteiger charge is 2.52. The van der Waals surface area contributed by atoms with E-state index in [1.165, 1.54) is 20.8 Å². The molecule has 3 heterocycles. The zero-order valence-electron chi connectivity index (χ0n) is 32.3. The molecule has 3 fully saturated rings. The lowest BCUT2D eigenvalue weighted by Crippen LogP contribution is -2.60. The van der Waals surface area contributed by atoms with E-state index < -0.39 is 107 Å². The van der Waals surface area contributed by atoms with Crippen LogP contribution in [0.3, 0.4) is 0 Å². The number of hydrogen-bond donors (Lipinski definition) is 6. The first-order chi connectivity index (χ1) is 22.9. The van der Waals surface area contributed by atoms with E-state index in [1.807, 2.05) is 32.8 Å². The first kappa shape index (κ1) is 43.1. The number of Topliss-reactive ketones (excluding diaryl/α,β-unsaturated/α-hetero) is 1. The first-order valence-corrected chi connectivity index (χ1v) is 18.5. The first-order valence-electron chi connectivity index (χ1n) is 18.5. The van der Waals surface area contributed by atoms with Crippen LogP contribution < -0.4 is 0 Å². The van der Waals surface area contributed by atoms with Gasteiger partial charge in [0.05, 0.1) is 47.6 Å². The van der Waals surface area contributed by atoms with Crippen LogP contribution in [0.25, 0.3) is 0 Å². The molecule has 3 saturated heterocycles. The van der Waals surface area contributed by atoms with Crippen LogP contribution >= 0.6 is 0 Å². The minimum absolute atomic E-state index is 0.0692. The number of carbonyl (C=O) groups is 2. The number of likely N-dealkylation sites (N-methyl/N-ethyl adjacent to an activating group) is 1. The highest BCUT2D eigenvalue weighted by Crippen LogP contribution is 2.43. The summed E-state index contributed by atoms with van der Waals surface area (Å²) < 4.78 is 24.9. The Bertz CT molecular complexity index is 1150. The van der Waals surface area contributed by atoms with Gasteiger partial charge in [0.2, 0.25) is 0 Å². The highest BCUT2D eigenvalue weighted by atomic mass is 16.7. The van der Waals surface area contributed by atoms with Gasteiger partial charge in [-0.25, -0.2) is 0 Å². The van der Waals surface area contributed by atoms with Crippen LogP contribution in [0.15, 0.2) is 0 Å². The number of hydrogen-bond acceptors (Lipinski definition) is 13. The lowest BCUT2D eigenvalue weighted by Gasteiger charge is -2.49. The molecule has 0 spiro atoms. The van der Waals surface area contributed by atoms with Crippen LogP contribution in [0.1, 0.15) is 101 Å². The fourth-order valence-corrected chi connectivity index (χ4v) is 8.87. The Morgan fingerprint density at radius 1 is 0.860 bits per heavy atom. The Morgan fingerprint density at radius 2 is 1.46 bits per heavy atom. The van der Waals surface area contributed by atoms with E-state index in [0.29, 0.717) is 6.42 Å². The molecule has 0 saturated carbocycles. The Labute approximate surface area is 298 Å². The Kier molecular flexibility index (Phi) is 14.2. The Hall–Kier alpha value is -1.26. The minimum Gasteiger partial charge on any atom is -0.459 e. The summed E-state index contributed by atoms with van der Waals surface area (Å²) in [5.41, 5.74) is -5.17. The van der Waals surface area contributed by atoms with Gasteiger partial charge in [-0.05, 0) is 86.2 Å². The molecule has 292 valence electrons. The topological polar surface area (TPSA) is 196 Å². The third kappa shape index (κ3) is 9.26. The minimum atomic E-state index is -1.97. The molecule has 3 aliphatic heterocycles. The normalized spacial score (nSPS) is 50.5. The van der Waals surface area contributed by atoms with Crippen molar-refractivity contribution in [3.05, 3.63) is 0 Å². The zero-order valence-corrected chi connectivity index (χ0v) is 32.3. The molecule has 0 aliphatic carbocycles. The maximum absolute atomic E-state index is 14.1. The van der Waals surface area contributed by atoms with E-state index in [-0.39, 0.29) is 37.8 Å². The third-order valence-corrected chi connectivity index (χ3v) is 12.0. The van der Waals surface area contributed by atoms with Gasteiger partial charge in [-0.1, -0.05) is 34.6 Å². The quantitative estimate of drug-likeness (QED) is 0.218. The van der Waals surface area contributed by atoms with Gasteiger partial charge in [-0.2, -0.15) is 0 Å². The summed E-state index contributed by atoms with van der Waals surface area (Å²) in [7, 11) is 3.71. The SMILES string of the molecule is CCC1OC(=O)[C@H](C)C(CC2CC(C)(O)C(O)C(C)O2)[C@H](C)[C@@H](OC2OC(C)CC(N(C)C)C2O)[C@](C)(O)C[C@@H](C)C(=O)[C@H](C)[C@@H](O)[C@]1(C)O. The van der Waals surface area contributed by atoms with Crippen molar-refractivity contribution in [2.24, 2.45) is 29.6 Å². The number of aliphatic hydroxyl groups is 6. The smallest absolute Gasteiger partial charge is 0.309 e. The fourth-order valence-electron chi connectivity index (χ4n) is 8.87. The lowest BCUT2D eigenvalue weighted by atomic mass is 9.69. The molecular formula is C37H67NO12. The summed E-state index contributed by atoms with van der Waals surface area (Å²) in [6.07, 6.45) is -7.95. The molecule has 0 radical (unpaired) electrons. The van der Waals surface area contributed by atoms with Crippen LogP contribution in [0.2, 0.25) is 0 Å². The zero-order chi connectivity index (χ0) is 38.3. The molecule has 0 aromatic carbocycles. The molecule has 0 amide bonds. The number of ketones is 1. The van der Waals surface area contributed by atoms with Crippen LogP contribution in [-0.4, -0.2) is 139 Å². The van der Waals surface area contributed by atoms with E-state index >= 15 is 0 Å². The number of rotatable bonds is 6. The van der Waals surface area contributed by atoms with E-state index in [0.717, 1.165) is 0 Å². The van der Waals surface area contributed by atoms with Crippen molar-refractivity contribution in [3.63, 3.8) is 0 Å². The fraction of sp³-hybridized carbons (Fsp3) is 0.946. The monoisotopic (exact) mass is 717 g/mol. The molecule has 0 aromatic rings. The Balaban J connectivity index is 2.17. The number of aliphatic hydroxyl groups excluding tert-OH is 3. The summed E-state index contributed by atoms with van der Waals surface area (Å²) in [5.74, 6) is -5.12. The van der Waals surface area contributed by atoms with Crippen molar-refractivity contribution in [2.75, 3.05) is 14.1 Å². The van der Waals surface area contributed by atoms with Gasteiger partial charge in [0.25, 0.3) is 0 Å². The number of cyclic esters (lactones) is 1. The summed E-state index contributed by atoms with van der Waals surface area (Å²) in [4.78, 5) is 29.8. The molecule has 0 bridgehead atoms. The molecule has 13 nitrogen and oxygen atoms in total. The average Bonchev–Trinajstić information content (AvgIpc) is 3.01. The standard InChI is InChI=1S/C37H67NO12/c1-13-27-37(10,46)30(41)22(6)28(39)18(2)16-36(9,45)32(50-34-29(40)26(38(11)12)14-19(3)47-34)20(4)25(21(5)33(43)49-27)15-24-17-35(8,44)31(42)23(7)48-24/h18-27,29-32,34,40-42,44-46H,13-17H2,1-12H3/t18-,19?,20+,21-,22+,23?,24?,25?,26?,27?,29?,30-,31?,32-,34?,35?,36-,37-/m1/s1. The van der Waals surface area contributed by atoms with E-state index in [9.17, 15) is 40.2 Å². The van der Waals surface area contributed by atoms with Crippen LogP contribution in [-0.2, 0) is 28.5 Å². The van der Waals surface area contributed by atoms with Crippen molar-refractivity contribution in [1.82, 2.24) is 4.90 Å². The van der Waals surface area contributed by atoms with Crippen LogP contribution in [0, 0.1) is 29.6 Å². The predicted molar refractivity (Wildman–Crippen MR) is 185 cm³/mol. The molecular weight excluding hydrogens is 650 g/mol. The van der Waals surface area contributed by atoms with Crippen molar-refractivity contribution < 1.29 is 59.2 Å².